The first-order valence-electron chi connectivity index (χ1n) is 14.4. The normalized spacial score (nSPS) is 29.3. The van der Waals surface area contributed by atoms with Crippen molar-refractivity contribution in [2.45, 2.75) is 77.0 Å². The lowest BCUT2D eigenvalue weighted by atomic mass is 9.51. The zero-order valence-corrected chi connectivity index (χ0v) is 23.2. The molecule has 2 heterocycles. The van der Waals surface area contributed by atoms with Crippen LogP contribution in [0, 0.1) is 18.8 Å². The zero-order chi connectivity index (χ0) is 26.6. The Morgan fingerprint density at radius 1 is 1.18 bits per heavy atom. The molecule has 200 valence electrons. The number of hydrogen-bond acceptors (Lipinski definition) is 4. The summed E-state index contributed by atoms with van der Waals surface area (Å²) in [5.41, 5.74) is 4.94. The molecule has 0 radical (unpaired) electrons. The number of nitrogens with zero attached hydrogens (tertiary/aromatic N) is 2. The van der Waals surface area contributed by atoms with E-state index >= 15 is 0 Å². The number of Topliss-reactive ketones (excluding diaryl/α,β-unsaturated/α-hetero) is 1. The van der Waals surface area contributed by atoms with Crippen LogP contribution in [0.2, 0.25) is 0 Å². The van der Waals surface area contributed by atoms with E-state index in [9.17, 15) is 9.59 Å². The van der Waals surface area contributed by atoms with E-state index in [0.717, 1.165) is 43.5 Å². The van der Waals surface area contributed by atoms with Gasteiger partial charge in [-0.25, -0.2) is 0 Å². The number of ether oxygens (including phenoxy) is 1. The minimum absolute atomic E-state index is 0.0293. The first kappa shape index (κ1) is 25.4. The van der Waals surface area contributed by atoms with Gasteiger partial charge in [-0.05, 0) is 81.2 Å². The molecule has 1 saturated carbocycles. The highest BCUT2D eigenvalue weighted by atomic mass is 16.5. The summed E-state index contributed by atoms with van der Waals surface area (Å²) in [5, 5.41) is 0. The van der Waals surface area contributed by atoms with Crippen molar-refractivity contribution in [1.29, 1.82) is 0 Å². The maximum absolute atomic E-state index is 13.8. The zero-order valence-electron chi connectivity index (χ0n) is 23.2. The minimum Gasteiger partial charge on any atom is -0.487 e. The van der Waals surface area contributed by atoms with E-state index in [1.807, 2.05) is 18.2 Å². The van der Waals surface area contributed by atoms with Gasteiger partial charge in [0.25, 0.3) is 0 Å². The van der Waals surface area contributed by atoms with E-state index in [1.165, 1.54) is 16.7 Å². The number of piperidine rings is 1. The number of ketones is 1. The largest absolute Gasteiger partial charge is 0.487 e. The highest BCUT2D eigenvalue weighted by Crippen LogP contribution is 2.62. The van der Waals surface area contributed by atoms with Gasteiger partial charge < -0.3 is 9.64 Å². The summed E-state index contributed by atoms with van der Waals surface area (Å²) < 4.78 is 6.90. The van der Waals surface area contributed by atoms with Gasteiger partial charge in [0, 0.05) is 29.6 Å². The lowest BCUT2D eigenvalue weighted by Gasteiger charge is -2.60. The number of amides is 1. The van der Waals surface area contributed by atoms with Gasteiger partial charge in [0.15, 0.2) is 0 Å². The minimum atomic E-state index is -0.0825. The standard InChI is InChI=1S/C33H40N2O3/c1-21(2)19-35(30(37)14-11-24-8-5-7-22(3)17-24)27-13-12-26-28-18-25-9-6-10-29-31(25)33(26,32(27)38-29)15-16-34(28)20-23(4)36/h5-11,14,17,21,26-28,32H,12-13,15-16,18-20H2,1-4H3/t26-,27-,28+,32-,33-/m0/s1. The fourth-order valence-electron chi connectivity index (χ4n) is 8.19. The Hall–Kier alpha value is -2.92. The Morgan fingerprint density at radius 3 is 2.76 bits per heavy atom. The van der Waals surface area contributed by atoms with Gasteiger partial charge in [-0.1, -0.05) is 55.8 Å². The summed E-state index contributed by atoms with van der Waals surface area (Å²) in [5.74, 6) is 2.14. The second-order valence-corrected chi connectivity index (χ2v) is 12.4. The summed E-state index contributed by atoms with van der Waals surface area (Å²) in [7, 11) is 0. The fourth-order valence-corrected chi connectivity index (χ4v) is 8.19. The second-order valence-electron chi connectivity index (χ2n) is 12.4. The summed E-state index contributed by atoms with van der Waals surface area (Å²) in [4.78, 5) is 30.5. The molecule has 5 heteroatoms. The molecule has 1 spiro atoms. The van der Waals surface area contributed by atoms with Crippen molar-refractivity contribution in [2.75, 3.05) is 19.6 Å². The van der Waals surface area contributed by atoms with E-state index in [4.69, 9.17) is 4.74 Å². The van der Waals surface area contributed by atoms with Crippen molar-refractivity contribution < 1.29 is 14.3 Å². The Labute approximate surface area is 226 Å². The molecule has 1 amide bonds. The number of carbonyl (C=O) groups is 2. The molecule has 0 aromatic heterocycles. The van der Waals surface area contributed by atoms with Crippen molar-refractivity contribution >= 4 is 17.8 Å². The number of aryl methyl sites for hydroxylation is 1. The molecule has 2 aromatic carbocycles. The smallest absolute Gasteiger partial charge is 0.246 e. The SMILES string of the molecule is CC(=O)CN1CC[C@]23c4c5cccc4O[C@H]2[C@@H](N(CC(C)C)C(=O)C=Cc2cccc(C)c2)CC[C@H]3[C@H]1C5. The molecule has 2 aliphatic heterocycles. The molecule has 6 rings (SSSR count). The van der Waals surface area contributed by atoms with E-state index in [-0.39, 0.29) is 29.3 Å². The van der Waals surface area contributed by atoms with Crippen LogP contribution in [0.15, 0.2) is 48.5 Å². The molecule has 2 aromatic rings. The molecule has 5 nitrogen and oxygen atoms in total. The van der Waals surface area contributed by atoms with E-state index in [1.54, 1.807) is 13.0 Å². The number of carbonyl (C=O) groups excluding carboxylic acids is 2. The summed E-state index contributed by atoms with van der Waals surface area (Å²) >= 11 is 0. The Kier molecular flexibility index (Phi) is 6.46. The third-order valence-corrected chi connectivity index (χ3v) is 9.43. The first-order chi connectivity index (χ1) is 18.3. The maximum Gasteiger partial charge on any atom is 0.246 e. The van der Waals surface area contributed by atoms with Crippen LogP contribution in [0.1, 0.15) is 62.3 Å². The van der Waals surface area contributed by atoms with Crippen LogP contribution in [0.25, 0.3) is 6.08 Å². The van der Waals surface area contributed by atoms with Gasteiger partial charge in [0.2, 0.25) is 5.91 Å². The Balaban J connectivity index is 1.36. The summed E-state index contributed by atoms with van der Waals surface area (Å²) in [6.45, 7) is 10.3. The number of rotatable bonds is 7. The highest BCUT2D eigenvalue weighted by molar-refractivity contribution is 5.92. The topological polar surface area (TPSA) is 49.9 Å². The second kappa shape index (κ2) is 9.68. The lowest BCUT2D eigenvalue weighted by Crippen LogP contribution is -2.69. The maximum atomic E-state index is 13.8. The van der Waals surface area contributed by atoms with Crippen molar-refractivity contribution in [3.8, 4) is 5.75 Å². The molecule has 2 aliphatic carbocycles. The average Bonchev–Trinajstić information content (AvgIpc) is 3.21. The summed E-state index contributed by atoms with van der Waals surface area (Å²) in [6, 6.07) is 15.2. The van der Waals surface area contributed by atoms with E-state index in [2.05, 4.69) is 60.9 Å². The molecular formula is C33H40N2O3. The predicted molar refractivity (Wildman–Crippen MR) is 150 cm³/mol. The molecule has 0 unspecified atom stereocenters. The van der Waals surface area contributed by atoms with Gasteiger partial charge in [0.1, 0.15) is 17.6 Å². The third kappa shape index (κ3) is 4.10. The highest BCUT2D eigenvalue weighted by Gasteiger charge is 2.66. The van der Waals surface area contributed by atoms with Gasteiger partial charge in [0.05, 0.1) is 12.6 Å². The van der Waals surface area contributed by atoms with Crippen molar-refractivity contribution in [2.24, 2.45) is 11.8 Å². The molecule has 4 aliphatic rings. The third-order valence-electron chi connectivity index (χ3n) is 9.43. The van der Waals surface area contributed by atoms with Gasteiger partial charge in [-0.2, -0.15) is 0 Å². The number of benzene rings is 2. The van der Waals surface area contributed by atoms with Crippen LogP contribution in [-0.4, -0.2) is 59.3 Å². The molecular weight excluding hydrogens is 472 g/mol. The molecule has 2 fully saturated rings. The van der Waals surface area contributed by atoms with Crippen molar-refractivity contribution in [3.05, 3.63) is 70.8 Å². The van der Waals surface area contributed by atoms with Crippen molar-refractivity contribution in [1.82, 2.24) is 9.80 Å². The molecule has 1 saturated heterocycles. The first-order valence-corrected chi connectivity index (χ1v) is 14.4. The Bertz CT molecular complexity index is 1280. The van der Waals surface area contributed by atoms with Gasteiger partial charge >= 0.3 is 0 Å². The van der Waals surface area contributed by atoms with Crippen LogP contribution in [0.4, 0.5) is 0 Å². The Morgan fingerprint density at radius 2 is 2.00 bits per heavy atom. The lowest BCUT2D eigenvalue weighted by molar-refractivity contribution is -0.139. The van der Waals surface area contributed by atoms with Crippen LogP contribution in [0.3, 0.4) is 0 Å². The van der Waals surface area contributed by atoms with Gasteiger partial charge in [-0.3, -0.25) is 14.5 Å². The molecule has 0 N–H and O–H groups in total. The summed E-state index contributed by atoms with van der Waals surface area (Å²) in [6.07, 6.45) is 7.61. The monoisotopic (exact) mass is 512 g/mol. The van der Waals surface area contributed by atoms with E-state index in [0.29, 0.717) is 31.0 Å². The predicted octanol–water partition coefficient (Wildman–Crippen LogP) is 5.19. The van der Waals surface area contributed by atoms with Crippen molar-refractivity contribution in [3.63, 3.8) is 0 Å². The quantitative estimate of drug-likeness (QED) is 0.479. The molecule has 38 heavy (non-hydrogen) atoms. The van der Waals surface area contributed by atoms with Crippen LogP contribution in [0.5, 0.6) is 5.75 Å². The fraction of sp³-hybridized carbons (Fsp3) is 0.515. The van der Waals surface area contributed by atoms with Gasteiger partial charge in [-0.15, -0.1) is 0 Å². The number of hydrogen-bond donors (Lipinski definition) is 0. The number of likely N-dealkylation sites (tertiary alicyclic amines) is 1. The van der Waals surface area contributed by atoms with Crippen LogP contribution < -0.4 is 4.74 Å². The van der Waals surface area contributed by atoms with Crippen LogP contribution >= 0.6 is 0 Å². The average molecular weight is 513 g/mol. The molecule has 2 bridgehead atoms. The van der Waals surface area contributed by atoms with E-state index < -0.39 is 0 Å². The van der Waals surface area contributed by atoms with Crippen LogP contribution in [-0.2, 0) is 21.4 Å². The molecule has 5 atom stereocenters.